The van der Waals surface area contributed by atoms with Gasteiger partial charge >= 0.3 is 0 Å². The first kappa shape index (κ1) is 15.1. The van der Waals surface area contributed by atoms with Gasteiger partial charge in [-0.3, -0.25) is 0 Å². The smallest absolute Gasteiger partial charge is 0.0513 e. The molecule has 0 aromatic heterocycles. The van der Waals surface area contributed by atoms with Crippen LogP contribution in [0.5, 0.6) is 0 Å². The molecule has 2 rings (SSSR count). The largest absolute Gasteiger partial charge is 0.378 e. The fraction of sp³-hybridized carbons (Fsp3) is 0.333. The molecule has 1 atom stereocenters. The summed E-state index contributed by atoms with van der Waals surface area (Å²) in [5.41, 5.74) is 3.80. The number of unbranched alkanes of at least 4 members (excludes halogenated alkanes) is 1. The summed E-state index contributed by atoms with van der Waals surface area (Å²) in [5.74, 6) is 0. The number of hydrogen-bond acceptors (Lipinski definition) is 1. The predicted octanol–water partition coefficient (Wildman–Crippen LogP) is 6.10. The molecule has 0 fully saturated rings. The fourth-order valence-corrected chi connectivity index (χ4v) is 2.68. The van der Waals surface area contributed by atoms with Crippen LogP contribution in [0.15, 0.2) is 53.0 Å². The number of aryl methyl sites for hydroxylation is 1. The molecule has 1 N–H and O–H groups in total. The molecule has 0 saturated heterocycles. The van der Waals surface area contributed by atoms with Crippen LogP contribution in [0, 0.1) is 6.92 Å². The maximum Gasteiger partial charge on any atom is 0.0513 e. The van der Waals surface area contributed by atoms with Gasteiger partial charge in [-0.2, -0.15) is 0 Å². The van der Waals surface area contributed by atoms with Crippen LogP contribution >= 0.6 is 15.9 Å². The van der Waals surface area contributed by atoms with Crippen molar-refractivity contribution in [1.29, 1.82) is 0 Å². The average Bonchev–Trinajstić information content (AvgIpc) is 2.48. The summed E-state index contributed by atoms with van der Waals surface area (Å²) in [4.78, 5) is 0. The van der Waals surface area contributed by atoms with Crippen molar-refractivity contribution in [3.8, 4) is 0 Å². The maximum absolute atomic E-state index is 3.67. The second-order valence-electron chi connectivity index (χ2n) is 5.21. The third-order valence-corrected chi connectivity index (χ3v) is 4.42. The van der Waals surface area contributed by atoms with Gasteiger partial charge < -0.3 is 5.32 Å². The van der Waals surface area contributed by atoms with E-state index in [2.05, 4.69) is 83.6 Å². The van der Waals surface area contributed by atoms with Crippen molar-refractivity contribution in [3.05, 3.63) is 64.1 Å². The Morgan fingerprint density at radius 1 is 1.10 bits per heavy atom. The van der Waals surface area contributed by atoms with E-state index >= 15 is 0 Å². The second-order valence-corrected chi connectivity index (χ2v) is 6.07. The molecule has 20 heavy (non-hydrogen) atoms. The summed E-state index contributed by atoms with van der Waals surface area (Å²) in [5, 5.41) is 3.67. The topological polar surface area (TPSA) is 12.0 Å². The molecule has 2 heteroatoms. The van der Waals surface area contributed by atoms with Gasteiger partial charge in [0.1, 0.15) is 0 Å². The van der Waals surface area contributed by atoms with Crippen molar-refractivity contribution in [2.45, 2.75) is 39.2 Å². The summed E-state index contributed by atoms with van der Waals surface area (Å²) in [6, 6.07) is 17.6. The van der Waals surface area contributed by atoms with Crippen LogP contribution in [0.2, 0.25) is 0 Å². The monoisotopic (exact) mass is 331 g/mol. The minimum atomic E-state index is 0.380. The minimum Gasteiger partial charge on any atom is -0.378 e. The molecule has 2 aromatic rings. The molecule has 0 bridgehead atoms. The van der Waals surface area contributed by atoms with Crippen molar-refractivity contribution in [2.24, 2.45) is 0 Å². The lowest BCUT2D eigenvalue weighted by molar-refractivity contribution is 0.634. The molecule has 0 aliphatic rings. The van der Waals surface area contributed by atoms with E-state index in [4.69, 9.17) is 0 Å². The second kappa shape index (κ2) is 7.49. The highest BCUT2D eigenvalue weighted by Crippen LogP contribution is 2.27. The van der Waals surface area contributed by atoms with E-state index in [9.17, 15) is 0 Å². The third kappa shape index (κ3) is 4.11. The molecule has 0 heterocycles. The highest BCUT2D eigenvalue weighted by atomic mass is 79.9. The lowest BCUT2D eigenvalue weighted by Crippen LogP contribution is -2.10. The molecule has 0 amide bonds. The quantitative estimate of drug-likeness (QED) is 0.674. The molecule has 0 aliphatic heterocycles. The fourth-order valence-electron chi connectivity index (χ4n) is 2.30. The van der Waals surface area contributed by atoms with Crippen molar-refractivity contribution >= 4 is 21.6 Å². The Morgan fingerprint density at radius 2 is 1.85 bits per heavy atom. The number of halogens is 1. The normalized spacial score (nSPS) is 12.2. The van der Waals surface area contributed by atoms with Crippen LogP contribution in [0.1, 0.15) is 43.4 Å². The SMILES string of the molecule is CCCCC(Nc1ccc(C)c(Br)c1)c1ccccc1. The van der Waals surface area contributed by atoms with Gasteiger partial charge in [-0.25, -0.2) is 0 Å². The molecule has 0 radical (unpaired) electrons. The molecule has 0 saturated carbocycles. The van der Waals surface area contributed by atoms with Gasteiger partial charge in [0.25, 0.3) is 0 Å². The molecular weight excluding hydrogens is 310 g/mol. The summed E-state index contributed by atoms with van der Waals surface area (Å²) in [7, 11) is 0. The van der Waals surface area contributed by atoms with Gasteiger partial charge in [-0.1, -0.05) is 72.1 Å². The number of anilines is 1. The van der Waals surface area contributed by atoms with Crippen LogP contribution < -0.4 is 5.32 Å². The molecule has 106 valence electrons. The molecule has 2 aromatic carbocycles. The molecule has 0 spiro atoms. The van der Waals surface area contributed by atoms with E-state index in [1.54, 1.807) is 0 Å². The summed E-state index contributed by atoms with van der Waals surface area (Å²) in [6.45, 7) is 4.35. The van der Waals surface area contributed by atoms with Crippen molar-refractivity contribution < 1.29 is 0 Å². The molecular formula is C18H22BrN. The van der Waals surface area contributed by atoms with Gasteiger partial charge in [0, 0.05) is 10.2 Å². The third-order valence-electron chi connectivity index (χ3n) is 3.56. The Balaban J connectivity index is 2.17. The maximum atomic E-state index is 3.67. The van der Waals surface area contributed by atoms with E-state index in [-0.39, 0.29) is 0 Å². The van der Waals surface area contributed by atoms with E-state index in [0.717, 1.165) is 10.9 Å². The van der Waals surface area contributed by atoms with Crippen LogP contribution in [-0.4, -0.2) is 0 Å². The van der Waals surface area contributed by atoms with Crippen molar-refractivity contribution in [2.75, 3.05) is 5.32 Å². The van der Waals surface area contributed by atoms with E-state index in [1.807, 2.05) is 0 Å². The first-order valence-electron chi connectivity index (χ1n) is 7.28. The number of hydrogen-bond donors (Lipinski definition) is 1. The van der Waals surface area contributed by atoms with E-state index in [0.29, 0.717) is 6.04 Å². The van der Waals surface area contributed by atoms with Gasteiger partial charge in [0.2, 0.25) is 0 Å². The van der Waals surface area contributed by atoms with E-state index in [1.165, 1.54) is 29.7 Å². The summed E-state index contributed by atoms with van der Waals surface area (Å²) < 4.78 is 1.16. The zero-order valence-corrected chi connectivity index (χ0v) is 13.8. The van der Waals surface area contributed by atoms with Crippen LogP contribution in [-0.2, 0) is 0 Å². The highest BCUT2D eigenvalue weighted by Gasteiger charge is 2.10. The average molecular weight is 332 g/mol. The van der Waals surface area contributed by atoms with Gasteiger partial charge in [-0.05, 0) is 36.6 Å². The predicted molar refractivity (Wildman–Crippen MR) is 91.2 cm³/mol. The zero-order chi connectivity index (χ0) is 14.4. The first-order valence-corrected chi connectivity index (χ1v) is 8.07. The summed E-state index contributed by atoms with van der Waals surface area (Å²) >= 11 is 3.60. The lowest BCUT2D eigenvalue weighted by atomic mass is 10.0. The van der Waals surface area contributed by atoms with Crippen LogP contribution in [0.3, 0.4) is 0 Å². The molecule has 1 unspecified atom stereocenters. The number of benzene rings is 2. The Morgan fingerprint density at radius 3 is 2.50 bits per heavy atom. The van der Waals surface area contributed by atoms with Crippen LogP contribution in [0.25, 0.3) is 0 Å². The lowest BCUT2D eigenvalue weighted by Gasteiger charge is -2.21. The zero-order valence-electron chi connectivity index (χ0n) is 12.2. The Bertz CT molecular complexity index is 536. The number of rotatable bonds is 6. The van der Waals surface area contributed by atoms with E-state index < -0.39 is 0 Å². The van der Waals surface area contributed by atoms with Crippen molar-refractivity contribution in [3.63, 3.8) is 0 Å². The van der Waals surface area contributed by atoms with Crippen molar-refractivity contribution in [1.82, 2.24) is 0 Å². The van der Waals surface area contributed by atoms with Gasteiger partial charge in [0.05, 0.1) is 6.04 Å². The number of nitrogens with one attached hydrogen (secondary N) is 1. The Kier molecular flexibility index (Phi) is 5.66. The molecule has 0 aliphatic carbocycles. The Labute approximate surface area is 130 Å². The highest BCUT2D eigenvalue weighted by molar-refractivity contribution is 9.10. The Hall–Kier alpha value is -1.28. The van der Waals surface area contributed by atoms with Gasteiger partial charge in [-0.15, -0.1) is 0 Å². The minimum absolute atomic E-state index is 0.380. The van der Waals surface area contributed by atoms with Crippen LogP contribution in [0.4, 0.5) is 5.69 Å². The standard InChI is InChI=1S/C18H22BrN/c1-3-4-10-18(15-8-6-5-7-9-15)20-16-12-11-14(2)17(19)13-16/h5-9,11-13,18,20H,3-4,10H2,1-2H3. The summed E-state index contributed by atoms with van der Waals surface area (Å²) in [6.07, 6.45) is 3.62. The molecule has 1 nitrogen and oxygen atoms in total. The van der Waals surface area contributed by atoms with Gasteiger partial charge in [0.15, 0.2) is 0 Å². The first-order chi connectivity index (χ1) is 9.70.